The van der Waals surface area contributed by atoms with E-state index >= 15 is 0 Å². The molecular formula is C13H13NO3. The van der Waals surface area contributed by atoms with Gasteiger partial charge in [-0.05, 0) is 25.0 Å². The van der Waals surface area contributed by atoms with Crippen molar-refractivity contribution in [3.8, 4) is 5.75 Å². The van der Waals surface area contributed by atoms with Crippen molar-refractivity contribution >= 4 is 16.9 Å². The van der Waals surface area contributed by atoms with Crippen molar-refractivity contribution in [3.63, 3.8) is 0 Å². The highest BCUT2D eigenvalue weighted by Gasteiger charge is 2.47. The number of H-pyrrole nitrogens is 1. The number of rotatable bonds is 3. The second-order valence-corrected chi connectivity index (χ2v) is 4.75. The Balaban J connectivity index is 2.11. The fourth-order valence-electron chi connectivity index (χ4n) is 2.53. The molecule has 1 fully saturated rings. The van der Waals surface area contributed by atoms with Gasteiger partial charge in [-0.15, -0.1) is 0 Å². The summed E-state index contributed by atoms with van der Waals surface area (Å²) in [5.74, 6) is -0.585. The Bertz CT molecular complexity index is 596. The Kier molecular flexibility index (Phi) is 1.96. The summed E-state index contributed by atoms with van der Waals surface area (Å²) in [6.45, 7) is 0. The summed E-state index contributed by atoms with van der Waals surface area (Å²) in [4.78, 5) is 13.9. The Morgan fingerprint density at radius 3 is 2.76 bits per heavy atom. The minimum absolute atomic E-state index is 0.0937. The van der Waals surface area contributed by atoms with E-state index in [1.165, 1.54) is 0 Å². The molecular weight excluding hydrogens is 218 g/mol. The molecule has 0 spiro atoms. The highest BCUT2D eigenvalue weighted by molar-refractivity contribution is 5.88. The summed E-state index contributed by atoms with van der Waals surface area (Å²) in [7, 11) is 0. The highest BCUT2D eigenvalue weighted by Crippen LogP contribution is 2.54. The molecule has 0 bridgehead atoms. The maximum Gasteiger partial charge on any atom is 0.304 e. The maximum absolute atomic E-state index is 10.9. The second kappa shape index (κ2) is 3.26. The fourth-order valence-corrected chi connectivity index (χ4v) is 2.53. The average molecular weight is 231 g/mol. The Labute approximate surface area is 97.9 Å². The summed E-state index contributed by atoms with van der Waals surface area (Å²) in [6, 6.07) is 5.54. The summed E-state index contributed by atoms with van der Waals surface area (Å²) in [5, 5.41) is 19.9. The molecule has 1 heterocycles. The van der Waals surface area contributed by atoms with E-state index in [9.17, 15) is 9.90 Å². The van der Waals surface area contributed by atoms with Gasteiger partial charge in [0.15, 0.2) is 0 Å². The summed E-state index contributed by atoms with van der Waals surface area (Å²) >= 11 is 0. The van der Waals surface area contributed by atoms with Crippen molar-refractivity contribution in [2.45, 2.75) is 24.7 Å². The van der Waals surface area contributed by atoms with Crippen molar-refractivity contribution in [2.24, 2.45) is 0 Å². The zero-order valence-corrected chi connectivity index (χ0v) is 9.23. The van der Waals surface area contributed by atoms with Crippen LogP contribution in [0.3, 0.4) is 0 Å². The molecule has 0 radical (unpaired) electrons. The summed E-state index contributed by atoms with van der Waals surface area (Å²) < 4.78 is 0. The third kappa shape index (κ3) is 1.48. The smallest absolute Gasteiger partial charge is 0.304 e. The van der Waals surface area contributed by atoms with Crippen molar-refractivity contribution in [1.29, 1.82) is 0 Å². The van der Waals surface area contributed by atoms with E-state index in [0.717, 1.165) is 29.3 Å². The Hall–Kier alpha value is -1.97. The number of hydrogen-bond acceptors (Lipinski definition) is 2. The van der Waals surface area contributed by atoms with Crippen LogP contribution in [0.4, 0.5) is 0 Å². The Morgan fingerprint density at radius 2 is 2.12 bits per heavy atom. The summed E-state index contributed by atoms with van der Waals surface area (Å²) in [6.07, 6.45) is 3.53. The van der Waals surface area contributed by atoms with Crippen LogP contribution >= 0.6 is 0 Å². The molecule has 1 aliphatic carbocycles. The predicted octanol–water partition coefficient (Wildman–Crippen LogP) is 2.38. The molecule has 88 valence electrons. The van der Waals surface area contributed by atoms with E-state index in [1.54, 1.807) is 6.20 Å². The van der Waals surface area contributed by atoms with Crippen molar-refractivity contribution < 1.29 is 15.0 Å². The standard InChI is InChI=1S/C13H13NO3/c15-11(16)7-13(4-5-13)9-1-2-10-8(12(9)17)3-6-14-10/h1-3,6,14,17H,4-5,7H2,(H,15,16). The minimum atomic E-state index is -0.809. The van der Waals surface area contributed by atoms with Crippen LogP contribution in [0.5, 0.6) is 5.75 Å². The fraction of sp³-hybridized carbons (Fsp3) is 0.308. The normalized spacial score (nSPS) is 17.2. The van der Waals surface area contributed by atoms with E-state index in [4.69, 9.17) is 5.11 Å². The molecule has 4 heteroatoms. The molecule has 0 aliphatic heterocycles. The number of aliphatic carboxylic acids is 1. The number of aromatic amines is 1. The molecule has 1 aliphatic rings. The number of phenols is 1. The first-order valence-electron chi connectivity index (χ1n) is 5.64. The van der Waals surface area contributed by atoms with E-state index in [-0.39, 0.29) is 17.6 Å². The third-order valence-corrected chi connectivity index (χ3v) is 3.62. The van der Waals surface area contributed by atoms with Crippen LogP contribution in [0.1, 0.15) is 24.8 Å². The van der Waals surface area contributed by atoms with Crippen LogP contribution in [-0.4, -0.2) is 21.2 Å². The molecule has 0 unspecified atom stereocenters. The van der Waals surface area contributed by atoms with Crippen LogP contribution in [0.25, 0.3) is 10.9 Å². The van der Waals surface area contributed by atoms with Crippen molar-refractivity contribution in [1.82, 2.24) is 4.98 Å². The van der Waals surface area contributed by atoms with E-state index in [2.05, 4.69) is 4.98 Å². The molecule has 1 aromatic carbocycles. The zero-order chi connectivity index (χ0) is 12.0. The van der Waals surface area contributed by atoms with Crippen molar-refractivity contribution in [3.05, 3.63) is 30.0 Å². The molecule has 3 rings (SSSR count). The number of hydrogen-bond donors (Lipinski definition) is 3. The van der Waals surface area contributed by atoms with Gasteiger partial charge in [0.2, 0.25) is 0 Å². The van der Waals surface area contributed by atoms with E-state index < -0.39 is 5.97 Å². The lowest BCUT2D eigenvalue weighted by molar-refractivity contribution is -0.137. The van der Waals surface area contributed by atoms with Gasteiger partial charge in [0.1, 0.15) is 5.75 Å². The summed E-state index contributed by atoms with van der Waals surface area (Å²) in [5.41, 5.74) is 1.30. The van der Waals surface area contributed by atoms with Gasteiger partial charge in [0, 0.05) is 28.1 Å². The average Bonchev–Trinajstić information content (AvgIpc) is 2.87. The quantitative estimate of drug-likeness (QED) is 0.759. The molecule has 0 amide bonds. The lowest BCUT2D eigenvalue weighted by Gasteiger charge is -2.15. The van der Waals surface area contributed by atoms with Gasteiger partial charge in [-0.1, -0.05) is 6.07 Å². The first-order chi connectivity index (χ1) is 8.12. The first kappa shape index (κ1) is 10.2. The van der Waals surface area contributed by atoms with Gasteiger partial charge < -0.3 is 15.2 Å². The molecule has 0 atom stereocenters. The van der Waals surface area contributed by atoms with Gasteiger partial charge in [-0.3, -0.25) is 4.79 Å². The van der Waals surface area contributed by atoms with Gasteiger partial charge in [0.05, 0.1) is 6.42 Å². The maximum atomic E-state index is 10.9. The lowest BCUT2D eigenvalue weighted by Crippen LogP contribution is -2.13. The van der Waals surface area contributed by atoms with Crippen LogP contribution in [0.2, 0.25) is 0 Å². The molecule has 17 heavy (non-hydrogen) atoms. The SMILES string of the molecule is O=C(O)CC1(c2ccc3[nH]ccc3c2O)CC1. The molecule has 1 saturated carbocycles. The number of carboxylic acid groups (broad SMARTS) is 1. The Morgan fingerprint density at radius 1 is 1.35 bits per heavy atom. The minimum Gasteiger partial charge on any atom is -0.507 e. The van der Waals surface area contributed by atoms with Gasteiger partial charge in [0.25, 0.3) is 0 Å². The second-order valence-electron chi connectivity index (χ2n) is 4.75. The predicted molar refractivity (Wildman–Crippen MR) is 63.1 cm³/mol. The molecule has 2 aromatic rings. The largest absolute Gasteiger partial charge is 0.507 e. The molecule has 3 N–H and O–H groups in total. The van der Waals surface area contributed by atoms with Gasteiger partial charge in [-0.25, -0.2) is 0 Å². The van der Waals surface area contributed by atoms with Gasteiger partial charge >= 0.3 is 5.97 Å². The topological polar surface area (TPSA) is 73.3 Å². The first-order valence-corrected chi connectivity index (χ1v) is 5.64. The lowest BCUT2D eigenvalue weighted by atomic mass is 9.90. The molecule has 4 nitrogen and oxygen atoms in total. The monoisotopic (exact) mass is 231 g/mol. The van der Waals surface area contributed by atoms with Crippen LogP contribution < -0.4 is 0 Å². The number of aromatic hydroxyl groups is 1. The highest BCUT2D eigenvalue weighted by atomic mass is 16.4. The number of fused-ring (bicyclic) bond motifs is 1. The van der Waals surface area contributed by atoms with Crippen LogP contribution in [-0.2, 0) is 10.2 Å². The van der Waals surface area contributed by atoms with E-state index in [0.29, 0.717) is 0 Å². The number of nitrogens with one attached hydrogen (secondary N) is 1. The number of carbonyl (C=O) groups is 1. The molecule has 0 saturated heterocycles. The number of phenolic OH excluding ortho intramolecular Hbond substituents is 1. The van der Waals surface area contributed by atoms with Gasteiger partial charge in [-0.2, -0.15) is 0 Å². The third-order valence-electron chi connectivity index (χ3n) is 3.62. The van der Waals surface area contributed by atoms with Crippen molar-refractivity contribution in [2.75, 3.05) is 0 Å². The molecule has 1 aromatic heterocycles. The number of benzene rings is 1. The number of aromatic nitrogens is 1. The number of carboxylic acids is 1. The van der Waals surface area contributed by atoms with Crippen LogP contribution in [0, 0.1) is 0 Å². The van der Waals surface area contributed by atoms with E-state index in [1.807, 2.05) is 18.2 Å². The van der Waals surface area contributed by atoms with Crippen LogP contribution in [0.15, 0.2) is 24.4 Å². The zero-order valence-electron chi connectivity index (χ0n) is 9.23.